The SMILES string of the molecule is C.C=CC1=C(CC(C)CC)C(C)C/C1=C1/C(=O)Nc2ccccc21. The van der Waals surface area contributed by atoms with Crippen molar-refractivity contribution in [2.24, 2.45) is 11.8 Å². The highest BCUT2D eigenvalue weighted by Crippen LogP contribution is 2.46. The number of carbonyl (C=O) groups excluding carboxylic acids is 1. The van der Waals surface area contributed by atoms with Gasteiger partial charge in [0.2, 0.25) is 0 Å². The quantitative estimate of drug-likeness (QED) is 0.678. The summed E-state index contributed by atoms with van der Waals surface area (Å²) < 4.78 is 0. The van der Waals surface area contributed by atoms with Crippen LogP contribution in [0.15, 0.2) is 53.6 Å². The number of nitrogens with one attached hydrogen (secondary N) is 1. The second-order valence-corrected chi connectivity index (χ2v) is 6.82. The van der Waals surface area contributed by atoms with Crippen molar-refractivity contribution in [1.82, 2.24) is 0 Å². The molecule has 0 bridgehead atoms. The highest BCUT2D eigenvalue weighted by molar-refractivity contribution is 6.32. The number of allylic oxidation sites excluding steroid dienone is 4. The molecule has 0 radical (unpaired) electrons. The minimum atomic E-state index is 0. The summed E-state index contributed by atoms with van der Waals surface area (Å²) in [4.78, 5) is 12.5. The minimum Gasteiger partial charge on any atom is -0.321 e. The molecular weight excluding hydrogens is 294 g/mol. The zero-order valence-corrected chi connectivity index (χ0v) is 14.3. The van der Waals surface area contributed by atoms with Gasteiger partial charge in [-0.05, 0) is 41.9 Å². The van der Waals surface area contributed by atoms with E-state index < -0.39 is 0 Å². The first-order chi connectivity index (χ1) is 11.1. The zero-order valence-electron chi connectivity index (χ0n) is 14.3. The molecule has 0 saturated carbocycles. The van der Waals surface area contributed by atoms with E-state index in [1.165, 1.54) is 23.1 Å². The van der Waals surface area contributed by atoms with Crippen molar-refractivity contribution in [1.29, 1.82) is 0 Å². The van der Waals surface area contributed by atoms with Crippen molar-refractivity contribution in [3.63, 3.8) is 0 Å². The topological polar surface area (TPSA) is 29.1 Å². The third-order valence-electron chi connectivity index (χ3n) is 5.22. The molecule has 1 heterocycles. The van der Waals surface area contributed by atoms with Crippen LogP contribution in [0.1, 0.15) is 53.0 Å². The van der Waals surface area contributed by atoms with Crippen LogP contribution in [0.2, 0.25) is 0 Å². The van der Waals surface area contributed by atoms with Crippen molar-refractivity contribution >= 4 is 17.2 Å². The summed E-state index contributed by atoms with van der Waals surface area (Å²) in [6, 6.07) is 7.96. The molecule has 1 N–H and O–H groups in total. The number of benzene rings is 1. The van der Waals surface area contributed by atoms with Gasteiger partial charge in [-0.1, -0.05) is 71.0 Å². The van der Waals surface area contributed by atoms with Crippen LogP contribution >= 0.6 is 0 Å². The van der Waals surface area contributed by atoms with Crippen molar-refractivity contribution in [3.8, 4) is 0 Å². The molecule has 2 aliphatic rings. The predicted octanol–water partition coefficient (Wildman–Crippen LogP) is 5.99. The van der Waals surface area contributed by atoms with Gasteiger partial charge < -0.3 is 5.32 Å². The molecular formula is C22H29NO. The number of fused-ring (bicyclic) bond motifs is 1. The summed E-state index contributed by atoms with van der Waals surface area (Å²) in [6.45, 7) is 10.8. The van der Waals surface area contributed by atoms with Crippen LogP contribution < -0.4 is 5.32 Å². The highest BCUT2D eigenvalue weighted by atomic mass is 16.2. The van der Waals surface area contributed by atoms with Crippen molar-refractivity contribution in [2.75, 3.05) is 5.32 Å². The van der Waals surface area contributed by atoms with Crippen molar-refractivity contribution in [3.05, 3.63) is 59.2 Å². The van der Waals surface area contributed by atoms with Crippen molar-refractivity contribution < 1.29 is 4.79 Å². The molecule has 2 atom stereocenters. The lowest BCUT2D eigenvalue weighted by molar-refractivity contribution is -0.110. The van der Waals surface area contributed by atoms with Gasteiger partial charge in [-0.25, -0.2) is 0 Å². The summed E-state index contributed by atoms with van der Waals surface area (Å²) in [5, 5.41) is 3.00. The molecule has 1 aliphatic heterocycles. The molecule has 1 aliphatic carbocycles. The molecule has 128 valence electrons. The number of para-hydroxylation sites is 1. The summed E-state index contributed by atoms with van der Waals surface area (Å²) in [7, 11) is 0. The van der Waals surface area contributed by atoms with Crippen LogP contribution in [0.4, 0.5) is 5.69 Å². The maximum Gasteiger partial charge on any atom is 0.256 e. The lowest BCUT2D eigenvalue weighted by Gasteiger charge is -2.14. The van der Waals surface area contributed by atoms with Gasteiger partial charge in [0.15, 0.2) is 0 Å². The third kappa shape index (κ3) is 2.98. The van der Waals surface area contributed by atoms with E-state index in [1.54, 1.807) is 0 Å². The zero-order chi connectivity index (χ0) is 16.6. The van der Waals surface area contributed by atoms with Crippen molar-refractivity contribution in [2.45, 2.75) is 47.5 Å². The fraction of sp³-hybridized carbons (Fsp3) is 0.409. The monoisotopic (exact) mass is 323 g/mol. The largest absolute Gasteiger partial charge is 0.321 e. The summed E-state index contributed by atoms with van der Waals surface area (Å²) in [5.41, 5.74) is 6.65. The number of anilines is 1. The van der Waals surface area contributed by atoms with E-state index in [1.807, 2.05) is 30.3 Å². The number of hydrogen-bond donors (Lipinski definition) is 1. The molecule has 1 aromatic carbocycles. The van der Waals surface area contributed by atoms with E-state index in [2.05, 4.69) is 32.7 Å². The van der Waals surface area contributed by atoms with Crippen LogP contribution in [0.25, 0.3) is 5.57 Å². The Morgan fingerprint density at radius 1 is 1.38 bits per heavy atom. The molecule has 0 saturated heterocycles. The lowest BCUT2D eigenvalue weighted by atomic mass is 9.91. The van der Waals surface area contributed by atoms with Crippen LogP contribution in [-0.2, 0) is 4.79 Å². The van der Waals surface area contributed by atoms with Gasteiger partial charge in [0.25, 0.3) is 5.91 Å². The Balaban J connectivity index is 0.00000208. The van der Waals surface area contributed by atoms with Crippen LogP contribution in [0.5, 0.6) is 0 Å². The molecule has 2 nitrogen and oxygen atoms in total. The summed E-state index contributed by atoms with van der Waals surface area (Å²) in [6.07, 6.45) is 5.16. The van der Waals surface area contributed by atoms with Gasteiger partial charge in [0.05, 0.1) is 5.57 Å². The van der Waals surface area contributed by atoms with Crippen LogP contribution in [0.3, 0.4) is 0 Å². The van der Waals surface area contributed by atoms with Crippen LogP contribution in [-0.4, -0.2) is 5.91 Å². The van der Waals surface area contributed by atoms with Gasteiger partial charge in [0.1, 0.15) is 0 Å². The van der Waals surface area contributed by atoms with Gasteiger partial charge >= 0.3 is 0 Å². The third-order valence-corrected chi connectivity index (χ3v) is 5.22. The lowest BCUT2D eigenvalue weighted by Crippen LogP contribution is -2.06. The standard InChI is InChI=1S/C21H25NO.CH4/c1-5-13(3)11-17-14(4)12-18(15(17)6-2)20-16-9-7-8-10-19(16)22-21(20)23;/h6-10,13-14H,2,5,11-12H2,1,3-4H3,(H,22,23);1H4/b20-18-;. The number of hydrogen-bond acceptors (Lipinski definition) is 1. The average Bonchev–Trinajstić information content (AvgIpc) is 3.03. The normalized spacial score (nSPS) is 23.6. The van der Waals surface area contributed by atoms with E-state index >= 15 is 0 Å². The Morgan fingerprint density at radius 3 is 2.75 bits per heavy atom. The molecule has 0 fully saturated rings. The maximum absolute atomic E-state index is 12.5. The van der Waals surface area contributed by atoms with E-state index in [-0.39, 0.29) is 13.3 Å². The minimum absolute atomic E-state index is 0. The number of carbonyl (C=O) groups is 1. The number of rotatable bonds is 4. The second kappa shape index (κ2) is 7.21. The smallest absolute Gasteiger partial charge is 0.256 e. The maximum atomic E-state index is 12.5. The molecule has 3 rings (SSSR count). The summed E-state index contributed by atoms with van der Waals surface area (Å²) >= 11 is 0. The highest BCUT2D eigenvalue weighted by Gasteiger charge is 2.33. The van der Waals surface area contributed by atoms with E-state index in [9.17, 15) is 4.79 Å². The molecule has 0 aromatic heterocycles. The Bertz CT molecular complexity index is 723. The molecule has 2 unspecified atom stereocenters. The first-order valence-electron chi connectivity index (χ1n) is 8.56. The summed E-state index contributed by atoms with van der Waals surface area (Å²) in [5.74, 6) is 1.18. The molecule has 1 aromatic rings. The Labute approximate surface area is 146 Å². The van der Waals surface area contributed by atoms with Gasteiger partial charge in [0, 0.05) is 11.3 Å². The Kier molecular flexibility index (Phi) is 5.48. The fourth-order valence-corrected chi connectivity index (χ4v) is 3.74. The van der Waals surface area contributed by atoms with Gasteiger partial charge in [-0.15, -0.1) is 0 Å². The number of amides is 1. The van der Waals surface area contributed by atoms with Gasteiger partial charge in [-0.3, -0.25) is 4.79 Å². The molecule has 1 amide bonds. The van der Waals surface area contributed by atoms with E-state index in [0.29, 0.717) is 11.8 Å². The van der Waals surface area contributed by atoms with Crippen LogP contribution in [0, 0.1) is 11.8 Å². The predicted molar refractivity (Wildman–Crippen MR) is 104 cm³/mol. The molecule has 0 spiro atoms. The first-order valence-corrected chi connectivity index (χ1v) is 8.56. The Hall–Kier alpha value is -2.09. The Morgan fingerprint density at radius 2 is 2.08 bits per heavy atom. The second-order valence-electron chi connectivity index (χ2n) is 6.82. The first kappa shape index (κ1) is 18.3. The molecule has 24 heavy (non-hydrogen) atoms. The van der Waals surface area contributed by atoms with E-state index in [0.717, 1.165) is 29.7 Å². The molecule has 2 heteroatoms. The van der Waals surface area contributed by atoms with E-state index in [4.69, 9.17) is 0 Å². The average molecular weight is 323 g/mol. The fourth-order valence-electron chi connectivity index (χ4n) is 3.74. The van der Waals surface area contributed by atoms with Gasteiger partial charge in [-0.2, -0.15) is 0 Å².